The summed E-state index contributed by atoms with van der Waals surface area (Å²) in [6.45, 7) is 2.08. The van der Waals surface area contributed by atoms with Gasteiger partial charge in [0, 0.05) is 0 Å². The Morgan fingerprint density at radius 1 is 1.26 bits per heavy atom. The Morgan fingerprint density at radius 2 is 1.95 bits per heavy atom. The number of hydrogen-bond donors (Lipinski definition) is 0. The van der Waals surface area contributed by atoms with Crippen LogP contribution in [0.5, 0.6) is 0 Å². The first-order valence-corrected chi connectivity index (χ1v) is 6.54. The quantitative estimate of drug-likeness (QED) is 0.317. The largest absolute Gasteiger partial charge is 0.465 e. The topological polar surface area (TPSA) is 52.6 Å². The molecule has 0 spiro atoms. The zero-order valence-corrected chi connectivity index (χ0v) is 11.6. The summed E-state index contributed by atoms with van der Waals surface area (Å²) in [5.41, 5.74) is 1.13. The van der Waals surface area contributed by atoms with Crippen molar-refractivity contribution in [3.05, 3.63) is 35.9 Å². The van der Waals surface area contributed by atoms with Crippen LogP contribution in [0.3, 0.4) is 0 Å². The van der Waals surface area contributed by atoms with Crippen molar-refractivity contribution < 1.29 is 19.1 Å². The summed E-state index contributed by atoms with van der Waals surface area (Å²) in [7, 11) is 0. The predicted molar refractivity (Wildman–Crippen MR) is 72.2 cm³/mol. The smallest absolute Gasteiger partial charge is 0.331 e. The molecule has 104 valence electrons. The van der Waals surface area contributed by atoms with Crippen molar-refractivity contribution in [2.24, 2.45) is 0 Å². The molecule has 0 aromatic heterocycles. The van der Waals surface area contributed by atoms with Crippen LogP contribution in [0.1, 0.15) is 12.5 Å². The van der Waals surface area contributed by atoms with Gasteiger partial charge < -0.3 is 9.47 Å². The van der Waals surface area contributed by atoms with E-state index in [4.69, 9.17) is 16.3 Å². The highest BCUT2D eigenvalue weighted by molar-refractivity contribution is 6.41. The zero-order valence-electron chi connectivity index (χ0n) is 10.8. The molecule has 0 N–H and O–H groups in total. The number of rotatable bonds is 8. The Balaban J connectivity index is 2.22. The molecule has 0 bridgehead atoms. The molecule has 0 aliphatic heterocycles. The summed E-state index contributed by atoms with van der Waals surface area (Å²) in [4.78, 5) is 22.7. The molecule has 0 amide bonds. The van der Waals surface area contributed by atoms with E-state index in [9.17, 15) is 9.59 Å². The van der Waals surface area contributed by atoms with Crippen LogP contribution in [-0.2, 0) is 25.5 Å². The summed E-state index contributed by atoms with van der Waals surface area (Å²) in [6.07, 6.45) is 0.709. The highest BCUT2D eigenvalue weighted by atomic mass is 35.5. The average molecular weight is 285 g/mol. The van der Waals surface area contributed by atoms with Gasteiger partial charge in [-0.3, -0.25) is 4.79 Å². The summed E-state index contributed by atoms with van der Waals surface area (Å²) in [5, 5.41) is -1.28. The Labute approximate surface area is 117 Å². The minimum absolute atomic E-state index is 0.181. The molecule has 5 heteroatoms. The first-order chi connectivity index (χ1) is 9.15. The first kappa shape index (κ1) is 15.7. The van der Waals surface area contributed by atoms with Crippen LogP contribution in [-0.4, -0.2) is 37.0 Å². The van der Waals surface area contributed by atoms with Crippen molar-refractivity contribution in [3.63, 3.8) is 0 Å². The van der Waals surface area contributed by atoms with Crippen molar-refractivity contribution >= 4 is 23.4 Å². The number of alkyl halides is 1. The van der Waals surface area contributed by atoms with Gasteiger partial charge in [0.15, 0.2) is 11.2 Å². The Morgan fingerprint density at radius 3 is 2.58 bits per heavy atom. The van der Waals surface area contributed by atoms with Crippen LogP contribution >= 0.6 is 11.6 Å². The molecule has 0 aliphatic rings. The minimum atomic E-state index is -1.28. The van der Waals surface area contributed by atoms with Gasteiger partial charge in [-0.25, -0.2) is 4.79 Å². The van der Waals surface area contributed by atoms with Crippen molar-refractivity contribution in [3.8, 4) is 0 Å². The number of hydrogen-bond acceptors (Lipinski definition) is 4. The van der Waals surface area contributed by atoms with Crippen LogP contribution in [0.2, 0.25) is 0 Å². The summed E-state index contributed by atoms with van der Waals surface area (Å²) in [6, 6.07) is 9.78. The Hall–Kier alpha value is -1.39. The minimum Gasteiger partial charge on any atom is -0.465 e. The fourth-order valence-electron chi connectivity index (χ4n) is 1.43. The van der Waals surface area contributed by atoms with Crippen molar-refractivity contribution in [1.82, 2.24) is 0 Å². The number of Topliss-reactive ketones (excluding diaryl/α,β-unsaturated/α-hetero) is 1. The molecule has 4 nitrogen and oxygen atoms in total. The van der Waals surface area contributed by atoms with E-state index >= 15 is 0 Å². The molecule has 0 aliphatic carbocycles. The number of carbonyl (C=O) groups is 2. The molecule has 0 radical (unpaired) electrons. The Bertz CT molecular complexity index is 405. The molecule has 0 fully saturated rings. The van der Waals surface area contributed by atoms with Gasteiger partial charge in [-0.2, -0.15) is 0 Å². The predicted octanol–water partition coefficient (Wildman–Crippen LogP) is 1.99. The van der Waals surface area contributed by atoms with Crippen LogP contribution < -0.4 is 0 Å². The maximum absolute atomic E-state index is 11.5. The summed E-state index contributed by atoms with van der Waals surface area (Å²) >= 11 is 5.65. The number of ketones is 1. The third kappa shape index (κ3) is 5.85. The third-order valence-electron chi connectivity index (χ3n) is 2.40. The van der Waals surface area contributed by atoms with Crippen molar-refractivity contribution in [1.29, 1.82) is 0 Å². The molecule has 0 heterocycles. The average Bonchev–Trinajstić information content (AvgIpc) is 2.44. The van der Waals surface area contributed by atoms with Crippen LogP contribution in [0.15, 0.2) is 30.3 Å². The van der Waals surface area contributed by atoms with Crippen molar-refractivity contribution in [2.45, 2.75) is 18.7 Å². The Kier molecular flexibility index (Phi) is 7.15. The van der Waals surface area contributed by atoms with Gasteiger partial charge >= 0.3 is 5.97 Å². The monoisotopic (exact) mass is 284 g/mol. The van der Waals surface area contributed by atoms with E-state index in [1.165, 1.54) is 0 Å². The number of halogens is 1. The SMILES string of the molecule is CCOC(=O)C(Cl)C(=O)COCCc1ccccc1. The van der Waals surface area contributed by atoms with Crippen LogP contribution in [0.25, 0.3) is 0 Å². The lowest BCUT2D eigenvalue weighted by Gasteiger charge is -2.08. The molecule has 0 saturated heterocycles. The maximum Gasteiger partial charge on any atom is 0.331 e. The fourth-order valence-corrected chi connectivity index (χ4v) is 1.55. The van der Waals surface area contributed by atoms with Gasteiger partial charge in [0.2, 0.25) is 0 Å². The number of carbonyl (C=O) groups excluding carboxylic acids is 2. The lowest BCUT2D eigenvalue weighted by atomic mass is 10.2. The third-order valence-corrected chi connectivity index (χ3v) is 2.82. The highest BCUT2D eigenvalue weighted by Gasteiger charge is 2.24. The molecule has 1 aromatic carbocycles. The summed E-state index contributed by atoms with van der Waals surface area (Å²) < 4.78 is 9.86. The second-order valence-electron chi connectivity index (χ2n) is 3.87. The van der Waals surface area contributed by atoms with Gasteiger partial charge in [-0.1, -0.05) is 30.3 Å². The molecular weight excluding hydrogens is 268 g/mol. The molecular formula is C14H17ClO4. The van der Waals surface area contributed by atoms with Gasteiger partial charge in [-0.05, 0) is 18.9 Å². The molecule has 1 atom stereocenters. The van der Waals surface area contributed by atoms with Gasteiger partial charge in [0.05, 0.1) is 13.2 Å². The van der Waals surface area contributed by atoms with Gasteiger partial charge in [0.25, 0.3) is 0 Å². The summed E-state index contributed by atoms with van der Waals surface area (Å²) in [5.74, 6) is -1.20. The van der Waals surface area contributed by atoms with Crippen LogP contribution in [0.4, 0.5) is 0 Å². The van der Waals surface area contributed by atoms with Gasteiger partial charge in [-0.15, -0.1) is 11.6 Å². The lowest BCUT2D eigenvalue weighted by molar-refractivity contribution is -0.145. The molecule has 19 heavy (non-hydrogen) atoms. The van der Waals surface area contributed by atoms with E-state index in [0.717, 1.165) is 5.56 Å². The second kappa shape index (κ2) is 8.67. The normalized spacial score (nSPS) is 11.9. The number of esters is 1. The number of benzene rings is 1. The maximum atomic E-state index is 11.5. The van der Waals surface area contributed by atoms with E-state index in [0.29, 0.717) is 13.0 Å². The fraction of sp³-hybridized carbons (Fsp3) is 0.429. The van der Waals surface area contributed by atoms with E-state index in [-0.39, 0.29) is 13.2 Å². The van der Waals surface area contributed by atoms with E-state index < -0.39 is 17.1 Å². The zero-order chi connectivity index (χ0) is 14.1. The van der Waals surface area contributed by atoms with Gasteiger partial charge in [0.1, 0.15) is 6.61 Å². The first-order valence-electron chi connectivity index (χ1n) is 6.10. The second-order valence-corrected chi connectivity index (χ2v) is 4.31. The lowest BCUT2D eigenvalue weighted by Crippen LogP contribution is -2.30. The molecule has 1 unspecified atom stereocenters. The van der Waals surface area contributed by atoms with E-state index in [2.05, 4.69) is 4.74 Å². The molecule has 0 saturated carbocycles. The highest BCUT2D eigenvalue weighted by Crippen LogP contribution is 2.03. The van der Waals surface area contributed by atoms with Crippen LogP contribution in [0, 0.1) is 0 Å². The molecule has 1 rings (SSSR count). The van der Waals surface area contributed by atoms with E-state index in [1.807, 2.05) is 30.3 Å². The number of ether oxygens (including phenoxy) is 2. The van der Waals surface area contributed by atoms with E-state index in [1.54, 1.807) is 6.92 Å². The molecule has 1 aromatic rings. The standard InChI is InChI=1S/C14H17ClO4/c1-2-19-14(17)13(15)12(16)10-18-9-8-11-6-4-3-5-7-11/h3-7,13H,2,8-10H2,1H3. The van der Waals surface area contributed by atoms with Crippen molar-refractivity contribution in [2.75, 3.05) is 19.8 Å².